The molecule has 1 rings (SSSR count). The van der Waals surface area contributed by atoms with Gasteiger partial charge >= 0.3 is 0 Å². The standard InChI is InChI=1S/C11H17N3O/c1-8(2)11(15)14(4)9-5-6-10(12-3)13-7-9/h5-8H,1-4H3,(H,12,13). The highest BCUT2D eigenvalue weighted by Crippen LogP contribution is 2.15. The summed E-state index contributed by atoms with van der Waals surface area (Å²) in [5.74, 6) is 0.886. The minimum absolute atomic E-state index is 0.000948. The Morgan fingerprint density at radius 1 is 1.47 bits per heavy atom. The number of hydrogen-bond donors (Lipinski definition) is 1. The number of carbonyl (C=O) groups is 1. The normalized spacial score (nSPS) is 10.2. The Labute approximate surface area is 90.3 Å². The van der Waals surface area contributed by atoms with Crippen molar-refractivity contribution in [3.05, 3.63) is 18.3 Å². The number of nitrogens with one attached hydrogen (secondary N) is 1. The van der Waals surface area contributed by atoms with Crippen LogP contribution in [0.2, 0.25) is 0 Å². The Balaban J connectivity index is 2.82. The van der Waals surface area contributed by atoms with Gasteiger partial charge in [0.15, 0.2) is 0 Å². The third kappa shape index (κ3) is 2.68. The zero-order chi connectivity index (χ0) is 11.4. The summed E-state index contributed by atoms with van der Waals surface area (Å²) in [4.78, 5) is 17.5. The molecule has 0 aliphatic carbocycles. The average molecular weight is 207 g/mol. The number of aromatic nitrogens is 1. The maximum absolute atomic E-state index is 11.7. The Morgan fingerprint density at radius 2 is 2.13 bits per heavy atom. The summed E-state index contributed by atoms with van der Waals surface area (Å²) in [5, 5.41) is 2.93. The van der Waals surface area contributed by atoms with Gasteiger partial charge in [0.05, 0.1) is 11.9 Å². The van der Waals surface area contributed by atoms with Crippen molar-refractivity contribution < 1.29 is 4.79 Å². The topological polar surface area (TPSA) is 45.2 Å². The minimum atomic E-state index is -0.000948. The summed E-state index contributed by atoms with van der Waals surface area (Å²) in [5.41, 5.74) is 0.813. The highest BCUT2D eigenvalue weighted by Gasteiger charge is 2.14. The predicted molar refractivity (Wildman–Crippen MR) is 62.0 cm³/mol. The van der Waals surface area contributed by atoms with Crippen LogP contribution < -0.4 is 10.2 Å². The van der Waals surface area contributed by atoms with Gasteiger partial charge in [0, 0.05) is 20.0 Å². The second-order valence-electron chi connectivity index (χ2n) is 3.70. The van der Waals surface area contributed by atoms with Crippen molar-refractivity contribution in [1.82, 2.24) is 4.98 Å². The molecule has 0 unspecified atom stereocenters. The molecule has 82 valence electrons. The van der Waals surface area contributed by atoms with Crippen LogP contribution in [0.5, 0.6) is 0 Å². The summed E-state index contributed by atoms with van der Waals surface area (Å²) >= 11 is 0. The highest BCUT2D eigenvalue weighted by molar-refractivity contribution is 5.93. The first-order valence-electron chi connectivity index (χ1n) is 4.97. The number of amides is 1. The summed E-state index contributed by atoms with van der Waals surface area (Å²) in [7, 11) is 3.57. The molecule has 0 spiro atoms. The van der Waals surface area contributed by atoms with Gasteiger partial charge in [0.1, 0.15) is 5.82 Å². The van der Waals surface area contributed by atoms with E-state index in [2.05, 4.69) is 10.3 Å². The molecule has 0 aliphatic heterocycles. The van der Waals surface area contributed by atoms with E-state index in [9.17, 15) is 4.79 Å². The predicted octanol–water partition coefficient (Wildman–Crippen LogP) is 1.74. The van der Waals surface area contributed by atoms with Gasteiger partial charge in [0.25, 0.3) is 0 Å². The number of rotatable bonds is 3. The Hall–Kier alpha value is -1.58. The van der Waals surface area contributed by atoms with Gasteiger partial charge in [0.2, 0.25) is 5.91 Å². The number of anilines is 2. The lowest BCUT2D eigenvalue weighted by molar-refractivity contribution is -0.121. The first-order valence-corrected chi connectivity index (χ1v) is 4.97. The Bertz CT molecular complexity index is 332. The number of carbonyl (C=O) groups excluding carboxylic acids is 1. The molecule has 0 fully saturated rings. The van der Waals surface area contributed by atoms with Gasteiger partial charge in [-0.15, -0.1) is 0 Å². The van der Waals surface area contributed by atoms with Crippen molar-refractivity contribution in [2.75, 3.05) is 24.3 Å². The molecule has 0 aromatic carbocycles. The SMILES string of the molecule is CNc1ccc(N(C)C(=O)C(C)C)cn1. The summed E-state index contributed by atoms with van der Waals surface area (Å²) < 4.78 is 0. The van der Waals surface area contributed by atoms with Crippen LogP contribution in [0, 0.1) is 5.92 Å². The first-order chi connectivity index (χ1) is 7.06. The van der Waals surface area contributed by atoms with Gasteiger partial charge < -0.3 is 10.2 Å². The first kappa shape index (κ1) is 11.5. The van der Waals surface area contributed by atoms with Gasteiger partial charge in [-0.05, 0) is 12.1 Å². The van der Waals surface area contributed by atoms with Gasteiger partial charge in [-0.3, -0.25) is 4.79 Å². The Morgan fingerprint density at radius 3 is 2.53 bits per heavy atom. The van der Waals surface area contributed by atoms with Crippen molar-refractivity contribution in [2.45, 2.75) is 13.8 Å². The molecule has 1 amide bonds. The van der Waals surface area contributed by atoms with E-state index in [0.29, 0.717) is 0 Å². The van der Waals surface area contributed by atoms with Crippen molar-refractivity contribution in [2.24, 2.45) is 5.92 Å². The Kier molecular flexibility index (Phi) is 3.66. The van der Waals surface area contributed by atoms with Crippen LogP contribution in [0.4, 0.5) is 11.5 Å². The van der Waals surface area contributed by atoms with E-state index in [4.69, 9.17) is 0 Å². The van der Waals surface area contributed by atoms with Crippen LogP contribution in [-0.2, 0) is 4.79 Å². The molecule has 1 aromatic rings. The molecule has 4 nitrogen and oxygen atoms in total. The van der Waals surface area contributed by atoms with Gasteiger partial charge in [-0.2, -0.15) is 0 Å². The zero-order valence-electron chi connectivity index (χ0n) is 9.61. The summed E-state index contributed by atoms with van der Waals surface area (Å²) in [6, 6.07) is 3.72. The van der Waals surface area contributed by atoms with E-state index < -0.39 is 0 Å². The molecule has 1 N–H and O–H groups in total. The maximum atomic E-state index is 11.7. The maximum Gasteiger partial charge on any atom is 0.229 e. The van der Waals surface area contributed by atoms with E-state index in [1.165, 1.54) is 0 Å². The van der Waals surface area contributed by atoms with E-state index in [-0.39, 0.29) is 11.8 Å². The summed E-state index contributed by atoms with van der Waals surface area (Å²) in [6.45, 7) is 3.77. The lowest BCUT2D eigenvalue weighted by Gasteiger charge is -2.19. The van der Waals surface area contributed by atoms with Crippen LogP contribution >= 0.6 is 0 Å². The molecule has 15 heavy (non-hydrogen) atoms. The fourth-order valence-corrected chi connectivity index (χ4v) is 1.25. The number of nitrogens with zero attached hydrogens (tertiary/aromatic N) is 2. The highest BCUT2D eigenvalue weighted by atomic mass is 16.2. The van der Waals surface area contributed by atoms with Crippen LogP contribution in [0.15, 0.2) is 18.3 Å². The van der Waals surface area contributed by atoms with Crippen LogP contribution in [0.1, 0.15) is 13.8 Å². The van der Waals surface area contributed by atoms with E-state index in [1.54, 1.807) is 18.1 Å². The van der Waals surface area contributed by atoms with E-state index in [1.807, 2.05) is 33.0 Å². The molecular formula is C11H17N3O. The van der Waals surface area contributed by atoms with Crippen molar-refractivity contribution >= 4 is 17.4 Å². The molecule has 0 saturated carbocycles. The lowest BCUT2D eigenvalue weighted by Crippen LogP contribution is -2.30. The van der Waals surface area contributed by atoms with Crippen molar-refractivity contribution in [1.29, 1.82) is 0 Å². The van der Waals surface area contributed by atoms with Crippen molar-refractivity contribution in [3.8, 4) is 0 Å². The van der Waals surface area contributed by atoms with Crippen molar-refractivity contribution in [3.63, 3.8) is 0 Å². The fourth-order valence-electron chi connectivity index (χ4n) is 1.25. The third-order valence-electron chi connectivity index (χ3n) is 2.22. The number of pyridine rings is 1. The van der Waals surface area contributed by atoms with E-state index in [0.717, 1.165) is 11.5 Å². The largest absolute Gasteiger partial charge is 0.373 e. The van der Waals surface area contributed by atoms with Gasteiger partial charge in [-0.25, -0.2) is 4.98 Å². The monoisotopic (exact) mass is 207 g/mol. The second kappa shape index (κ2) is 4.77. The summed E-state index contributed by atoms with van der Waals surface area (Å²) in [6.07, 6.45) is 1.69. The number of hydrogen-bond acceptors (Lipinski definition) is 3. The smallest absolute Gasteiger partial charge is 0.229 e. The minimum Gasteiger partial charge on any atom is -0.373 e. The molecule has 0 atom stereocenters. The van der Waals surface area contributed by atoms with E-state index >= 15 is 0 Å². The molecule has 0 bridgehead atoms. The lowest BCUT2D eigenvalue weighted by atomic mass is 10.2. The van der Waals surface area contributed by atoms with Crippen LogP contribution in [0.3, 0.4) is 0 Å². The van der Waals surface area contributed by atoms with Crippen LogP contribution in [0.25, 0.3) is 0 Å². The van der Waals surface area contributed by atoms with Gasteiger partial charge in [-0.1, -0.05) is 13.8 Å². The molecule has 0 radical (unpaired) electrons. The zero-order valence-corrected chi connectivity index (χ0v) is 9.61. The quantitative estimate of drug-likeness (QED) is 0.821. The fraction of sp³-hybridized carbons (Fsp3) is 0.455. The molecule has 0 aliphatic rings. The molecule has 1 aromatic heterocycles. The van der Waals surface area contributed by atoms with Crippen LogP contribution in [-0.4, -0.2) is 25.0 Å². The molecular weight excluding hydrogens is 190 g/mol. The molecule has 1 heterocycles. The average Bonchev–Trinajstić information content (AvgIpc) is 2.27. The molecule has 0 saturated heterocycles. The third-order valence-corrected chi connectivity index (χ3v) is 2.22. The molecule has 4 heteroatoms. The second-order valence-corrected chi connectivity index (χ2v) is 3.70.